The van der Waals surface area contributed by atoms with E-state index in [0.717, 1.165) is 22.7 Å². The SMILES string of the molecule is Cc1n[nH]c(C)c1COc1cc[c]cc1. The number of H-pyrrole nitrogens is 1. The molecule has 1 aromatic carbocycles. The van der Waals surface area contributed by atoms with Gasteiger partial charge in [-0.05, 0) is 32.0 Å². The van der Waals surface area contributed by atoms with Crippen LogP contribution in [-0.4, -0.2) is 10.2 Å². The fraction of sp³-hybridized carbons (Fsp3) is 0.250. The van der Waals surface area contributed by atoms with Crippen molar-refractivity contribution in [3.8, 4) is 5.75 Å². The van der Waals surface area contributed by atoms with E-state index in [9.17, 15) is 0 Å². The fourth-order valence-corrected chi connectivity index (χ4v) is 1.41. The quantitative estimate of drug-likeness (QED) is 0.828. The van der Waals surface area contributed by atoms with Gasteiger partial charge in [-0.1, -0.05) is 12.1 Å². The van der Waals surface area contributed by atoms with Gasteiger partial charge in [0.15, 0.2) is 0 Å². The van der Waals surface area contributed by atoms with Crippen LogP contribution in [0.1, 0.15) is 17.0 Å². The average molecular weight is 201 g/mol. The summed E-state index contributed by atoms with van der Waals surface area (Å²) in [6.45, 7) is 4.52. The monoisotopic (exact) mass is 201 g/mol. The number of aromatic amines is 1. The van der Waals surface area contributed by atoms with Crippen LogP contribution in [0.2, 0.25) is 0 Å². The molecule has 0 unspecified atom stereocenters. The molecule has 0 aliphatic heterocycles. The number of nitrogens with one attached hydrogen (secondary N) is 1. The molecule has 0 saturated carbocycles. The predicted octanol–water partition coefficient (Wildman–Crippen LogP) is 2.41. The molecule has 1 aromatic heterocycles. The lowest BCUT2D eigenvalue weighted by atomic mass is 10.2. The largest absolute Gasteiger partial charge is 0.489 e. The van der Waals surface area contributed by atoms with Crippen LogP contribution in [0.15, 0.2) is 24.3 Å². The van der Waals surface area contributed by atoms with Crippen molar-refractivity contribution in [2.24, 2.45) is 0 Å². The van der Waals surface area contributed by atoms with Gasteiger partial charge in [0.25, 0.3) is 0 Å². The topological polar surface area (TPSA) is 37.9 Å². The molecule has 15 heavy (non-hydrogen) atoms. The van der Waals surface area contributed by atoms with Gasteiger partial charge in [0.2, 0.25) is 0 Å². The molecule has 1 heterocycles. The summed E-state index contributed by atoms with van der Waals surface area (Å²) in [7, 11) is 0. The zero-order chi connectivity index (χ0) is 10.7. The van der Waals surface area contributed by atoms with Crippen LogP contribution >= 0.6 is 0 Å². The lowest BCUT2D eigenvalue weighted by Crippen LogP contribution is -1.97. The minimum Gasteiger partial charge on any atom is -0.489 e. The van der Waals surface area contributed by atoms with Gasteiger partial charge in [-0.25, -0.2) is 0 Å². The molecule has 1 radical (unpaired) electrons. The van der Waals surface area contributed by atoms with Crippen LogP contribution in [0.3, 0.4) is 0 Å². The number of aryl methyl sites for hydroxylation is 2. The normalized spacial score (nSPS) is 10.3. The molecule has 0 saturated heterocycles. The van der Waals surface area contributed by atoms with Crippen LogP contribution in [0.5, 0.6) is 5.75 Å². The summed E-state index contributed by atoms with van der Waals surface area (Å²) in [4.78, 5) is 0. The third-order valence-electron chi connectivity index (χ3n) is 2.35. The maximum Gasteiger partial charge on any atom is 0.119 e. The third kappa shape index (κ3) is 2.18. The number of rotatable bonds is 3. The second kappa shape index (κ2) is 4.17. The average Bonchev–Trinajstić information content (AvgIpc) is 2.58. The van der Waals surface area contributed by atoms with Gasteiger partial charge >= 0.3 is 0 Å². The Balaban J connectivity index is 2.05. The Morgan fingerprint density at radius 2 is 2.07 bits per heavy atom. The Morgan fingerprint density at radius 3 is 2.67 bits per heavy atom. The summed E-state index contributed by atoms with van der Waals surface area (Å²) in [5, 5.41) is 7.05. The summed E-state index contributed by atoms with van der Waals surface area (Å²) in [5.41, 5.74) is 3.19. The molecule has 0 atom stereocenters. The number of benzene rings is 1. The first-order valence-corrected chi connectivity index (χ1v) is 4.86. The molecule has 0 aliphatic carbocycles. The standard InChI is InChI=1S/C12H13N2O/c1-9-12(10(2)14-13-9)8-15-11-6-4-3-5-7-11/h4-7H,8H2,1-2H3,(H,13,14). The Kier molecular flexibility index (Phi) is 2.72. The molecule has 0 spiro atoms. The highest BCUT2D eigenvalue weighted by Crippen LogP contribution is 2.14. The minimum absolute atomic E-state index is 0.554. The highest BCUT2D eigenvalue weighted by molar-refractivity contribution is 5.25. The maximum absolute atomic E-state index is 5.63. The Hall–Kier alpha value is -1.77. The fourth-order valence-electron chi connectivity index (χ4n) is 1.41. The first-order chi connectivity index (χ1) is 7.27. The minimum atomic E-state index is 0.554. The number of aromatic nitrogens is 2. The van der Waals surface area contributed by atoms with E-state index in [1.165, 1.54) is 0 Å². The van der Waals surface area contributed by atoms with Crippen LogP contribution in [0, 0.1) is 19.9 Å². The molecule has 77 valence electrons. The van der Waals surface area contributed by atoms with Crippen LogP contribution in [0.25, 0.3) is 0 Å². The van der Waals surface area contributed by atoms with E-state index in [2.05, 4.69) is 16.3 Å². The lowest BCUT2D eigenvalue weighted by molar-refractivity contribution is 0.304. The second-order valence-electron chi connectivity index (χ2n) is 3.44. The molecule has 2 aromatic rings. The molecule has 0 bridgehead atoms. The van der Waals surface area contributed by atoms with Crippen molar-refractivity contribution >= 4 is 0 Å². The van der Waals surface area contributed by atoms with E-state index in [1.807, 2.05) is 38.1 Å². The number of ether oxygens (including phenoxy) is 1. The molecule has 3 nitrogen and oxygen atoms in total. The molecule has 0 amide bonds. The molecule has 1 N–H and O–H groups in total. The number of nitrogens with zero attached hydrogens (tertiary/aromatic N) is 1. The lowest BCUT2D eigenvalue weighted by Gasteiger charge is -2.05. The van der Waals surface area contributed by atoms with Crippen LogP contribution in [-0.2, 0) is 6.61 Å². The highest BCUT2D eigenvalue weighted by Gasteiger charge is 2.06. The van der Waals surface area contributed by atoms with Crippen molar-refractivity contribution in [3.63, 3.8) is 0 Å². The van der Waals surface area contributed by atoms with Crippen molar-refractivity contribution in [2.45, 2.75) is 20.5 Å². The Labute approximate surface area is 89.1 Å². The van der Waals surface area contributed by atoms with Gasteiger partial charge in [0, 0.05) is 11.3 Å². The Morgan fingerprint density at radius 1 is 1.33 bits per heavy atom. The highest BCUT2D eigenvalue weighted by atomic mass is 16.5. The van der Waals surface area contributed by atoms with Crippen LogP contribution < -0.4 is 4.74 Å². The van der Waals surface area contributed by atoms with Gasteiger partial charge in [0.05, 0.1) is 5.69 Å². The third-order valence-corrected chi connectivity index (χ3v) is 2.35. The van der Waals surface area contributed by atoms with Gasteiger partial charge in [-0.2, -0.15) is 5.10 Å². The summed E-state index contributed by atoms with van der Waals surface area (Å²) in [6, 6.07) is 10.4. The zero-order valence-corrected chi connectivity index (χ0v) is 8.87. The van der Waals surface area contributed by atoms with Crippen LogP contribution in [0.4, 0.5) is 0 Å². The smallest absolute Gasteiger partial charge is 0.119 e. The van der Waals surface area contributed by atoms with Gasteiger partial charge in [0.1, 0.15) is 12.4 Å². The first-order valence-electron chi connectivity index (χ1n) is 4.86. The van der Waals surface area contributed by atoms with E-state index < -0.39 is 0 Å². The second-order valence-corrected chi connectivity index (χ2v) is 3.44. The van der Waals surface area contributed by atoms with Crippen molar-refractivity contribution in [3.05, 3.63) is 47.3 Å². The summed E-state index contributed by atoms with van der Waals surface area (Å²) < 4.78 is 5.63. The van der Waals surface area contributed by atoms with E-state index >= 15 is 0 Å². The summed E-state index contributed by atoms with van der Waals surface area (Å²) in [6.07, 6.45) is 0. The summed E-state index contributed by atoms with van der Waals surface area (Å²) >= 11 is 0. The van der Waals surface area contributed by atoms with Crippen molar-refractivity contribution in [1.82, 2.24) is 10.2 Å². The first kappa shape index (κ1) is 9.77. The number of hydrogen-bond acceptors (Lipinski definition) is 2. The van der Waals surface area contributed by atoms with E-state index in [0.29, 0.717) is 6.61 Å². The van der Waals surface area contributed by atoms with Crippen molar-refractivity contribution < 1.29 is 4.74 Å². The van der Waals surface area contributed by atoms with Crippen molar-refractivity contribution in [2.75, 3.05) is 0 Å². The van der Waals surface area contributed by atoms with Crippen molar-refractivity contribution in [1.29, 1.82) is 0 Å². The van der Waals surface area contributed by atoms with Gasteiger partial charge in [-0.3, -0.25) is 5.10 Å². The number of hydrogen-bond donors (Lipinski definition) is 1. The van der Waals surface area contributed by atoms with E-state index in [1.54, 1.807) is 0 Å². The van der Waals surface area contributed by atoms with Gasteiger partial charge < -0.3 is 4.74 Å². The molecule has 0 fully saturated rings. The molecule has 0 aliphatic rings. The van der Waals surface area contributed by atoms with E-state index in [-0.39, 0.29) is 0 Å². The predicted molar refractivity (Wildman–Crippen MR) is 57.7 cm³/mol. The van der Waals surface area contributed by atoms with E-state index in [4.69, 9.17) is 4.74 Å². The summed E-state index contributed by atoms with van der Waals surface area (Å²) in [5.74, 6) is 0.855. The molecule has 3 heteroatoms. The molecule has 2 rings (SSSR count). The maximum atomic E-state index is 5.63. The van der Waals surface area contributed by atoms with Gasteiger partial charge in [-0.15, -0.1) is 0 Å². The Bertz CT molecular complexity index is 415. The molecular weight excluding hydrogens is 188 g/mol. The molecular formula is C12H13N2O. The zero-order valence-electron chi connectivity index (χ0n) is 8.87.